The molecule has 1 unspecified atom stereocenters. The monoisotopic (exact) mass is 346 g/mol. The van der Waals surface area contributed by atoms with Gasteiger partial charge < -0.3 is 9.73 Å². The number of nitrogens with zero attached hydrogens (tertiary/aromatic N) is 1. The summed E-state index contributed by atoms with van der Waals surface area (Å²) in [5.74, 6) is 0.754. The number of likely N-dealkylation sites (tertiary alicyclic amines) is 1. The summed E-state index contributed by atoms with van der Waals surface area (Å²) in [4.78, 5) is 14.8. The topological polar surface area (TPSA) is 45.5 Å². The zero-order chi connectivity index (χ0) is 16.9. The van der Waals surface area contributed by atoms with Crippen LogP contribution in [0.3, 0.4) is 0 Å². The van der Waals surface area contributed by atoms with Gasteiger partial charge in [0, 0.05) is 18.2 Å². The molecule has 0 bridgehead atoms. The highest BCUT2D eigenvalue weighted by atomic mass is 35.5. The van der Waals surface area contributed by atoms with E-state index in [9.17, 15) is 4.79 Å². The molecule has 1 atom stereocenters. The van der Waals surface area contributed by atoms with Gasteiger partial charge in [0.2, 0.25) is 0 Å². The standard InChI is InChI=1S/C19H23ClN2O2/c1-2-14(22-11-5-6-12-22)13-21-19(23)18-10-9-17(24-18)15-7-3-4-8-16(15)20/h3-4,7-10,14H,2,5-6,11-13H2,1H3,(H,21,23). The Kier molecular flexibility index (Phi) is 5.59. The molecule has 128 valence electrons. The predicted octanol–water partition coefficient (Wildman–Crippen LogP) is 4.20. The highest BCUT2D eigenvalue weighted by molar-refractivity contribution is 6.33. The van der Waals surface area contributed by atoms with Gasteiger partial charge in [0.05, 0.1) is 5.02 Å². The maximum Gasteiger partial charge on any atom is 0.287 e. The van der Waals surface area contributed by atoms with Crippen molar-refractivity contribution in [2.75, 3.05) is 19.6 Å². The number of benzene rings is 1. The first-order chi connectivity index (χ1) is 11.7. The molecule has 4 nitrogen and oxygen atoms in total. The predicted molar refractivity (Wildman–Crippen MR) is 96.4 cm³/mol. The number of furan rings is 1. The normalized spacial score (nSPS) is 16.2. The van der Waals surface area contributed by atoms with E-state index in [2.05, 4.69) is 17.1 Å². The molecule has 1 saturated heterocycles. The Morgan fingerprint density at radius 2 is 2.00 bits per heavy atom. The lowest BCUT2D eigenvalue weighted by atomic mass is 10.2. The molecule has 3 rings (SSSR count). The van der Waals surface area contributed by atoms with Crippen LogP contribution in [0.25, 0.3) is 11.3 Å². The van der Waals surface area contributed by atoms with Gasteiger partial charge in [-0.25, -0.2) is 0 Å². The number of hydrogen-bond acceptors (Lipinski definition) is 3. The van der Waals surface area contributed by atoms with Gasteiger partial charge in [0.25, 0.3) is 5.91 Å². The minimum absolute atomic E-state index is 0.175. The molecule has 1 aromatic carbocycles. The summed E-state index contributed by atoms with van der Waals surface area (Å²) in [5, 5.41) is 3.61. The van der Waals surface area contributed by atoms with Crippen LogP contribution >= 0.6 is 11.6 Å². The summed E-state index contributed by atoms with van der Waals surface area (Å²) in [5.41, 5.74) is 0.793. The van der Waals surface area contributed by atoms with Crippen molar-refractivity contribution in [1.29, 1.82) is 0 Å². The van der Waals surface area contributed by atoms with E-state index in [1.165, 1.54) is 12.8 Å². The highest BCUT2D eigenvalue weighted by Gasteiger charge is 2.21. The highest BCUT2D eigenvalue weighted by Crippen LogP contribution is 2.29. The third kappa shape index (κ3) is 3.82. The molecule has 1 aromatic heterocycles. The molecule has 0 radical (unpaired) electrons. The quantitative estimate of drug-likeness (QED) is 0.852. The maximum absolute atomic E-state index is 12.4. The summed E-state index contributed by atoms with van der Waals surface area (Å²) in [7, 11) is 0. The molecule has 0 saturated carbocycles. The number of nitrogens with one attached hydrogen (secondary N) is 1. The zero-order valence-corrected chi connectivity index (χ0v) is 14.7. The fourth-order valence-corrected chi connectivity index (χ4v) is 3.43. The molecule has 1 N–H and O–H groups in total. The van der Waals surface area contributed by atoms with Crippen molar-refractivity contribution >= 4 is 17.5 Å². The van der Waals surface area contributed by atoms with Crippen LogP contribution in [0.2, 0.25) is 5.02 Å². The van der Waals surface area contributed by atoms with E-state index in [-0.39, 0.29) is 5.91 Å². The second kappa shape index (κ2) is 7.86. The average Bonchev–Trinajstić information content (AvgIpc) is 3.27. The third-order valence-corrected chi connectivity index (χ3v) is 4.93. The first-order valence-corrected chi connectivity index (χ1v) is 8.94. The lowest BCUT2D eigenvalue weighted by Crippen LogP contribution is -2.42. The Hall–Kier alpha value is -1.78. The largest absolute Gasteiger partial charge is 0.451 e. The van der Waals surface area contributed by atoms with E-state index >= 15 is 0 Å². The van der Waals surface area contributed by atoms with Gasteiger partial charge in [-0.3, -0.25) is 9.69 Å². The van der Waals surface area contributed by atoms with Crippen LogP contribution < -0.4 is 5.32 Å². The summed E-state index contributed by atoms with van der Waals surface area (Å²) >= 11 is 6.18. The summed E-state index contributed by atoms with van der Waals surface area (Å²) in [6.45, 7) is 5.08. The Labute approximate surface area is 147 Å². The van der Waals surface area contributed by atoms with Crippen LogP contribution in [0.4, 0.5) is 0 Å². The van der Waals surface area contributed by atoms with Crippen LogP contribution in [0.1, 0.15) is 36.7 Å². The van der Waals surface area contributed by atoms with Crippen LogP contribution in [-0.4, -0.2) is 36.5 Å². The molecule has 1 fully saturated rings. The Bertz CT molecular complexity index is 692. The Balaban J connectivity index is 1.62. The number of amides is 1. The molecule has 1 aliphatic heterocycles. The van der Waals surface area contributed by atoms with E-state index in [4.69, 9.17) is 16.0 Å². The van der Waals surface area contributed by atoms with Gasteiger partial charge in [-0.15, -0.1) is 0 Å². The molecule has 1 amide bonds. The minimum Gasteiger partial charge on any atom is -0.451 e. The molecule has 2 heterocycles. The number of carbonyl (C=O) groups excluding carboxylic acids is 1. The molecule has 24 heavy (non-hydrogen) atoms. The Morgan fingerprint density at radius 1 is 1.25 bits per heavy atom. The van der Waals surface area contributed by atoms with Gasteiger partial charge >= 0.3 is 0 Å². The molecule has 5 heteroatoms. The van der Waals surface area contributed by atoms with Crippen molar-refractivity contribution in [3.63, 3.8) is 0 Å². The SMILES string of the molecule is CCC(CNC(=O)c1ccc(-c2ccccc2Cl)o1)N1CCCC1. The number of rotatable bonds is 6. The van der Waals surface area contributed by atoms with Crippen molar-refractivity contribution in [2.24, 2.45) is 0 Å². The van der Waals surface area contributed by atoms with Crippen LogP contribution in [-0.2, 0) is 0 Å². The fourth-order valence-electron chi connectivity index (χ4n) is 3.20. The maximum atomic E-state index is 12.4. The van der Waals surface area contributed by atoms with Gasteiger partial charge in [0.1, 0.15) is 5.76 Å². The molecule has 2 aromatic rings. The van der Waals surface area contributed by atoms with E-state index in [0.717, 1.165) is 25.1 Å². The molecule has 1 aliphatic rings. The summed E-state index contributed by atoms with van der Waals surface area (Å²) in [6.07, 6.45) is 3.54. The van der Waals surface area contributed by atoms with Crippen LogP contribution in [0.15, 0.2) is 40.8 Å². The van der Waals surface area contributed by atoms with E-state index < -0.39 is 0 Å². The lowest BCUT2D eigenvalue weighted by molar-refractivity contribution is 0.0910. The smallest absolute Gasteiger partial charge is 0.287 e. The van der Waals surface area contributed by atoms with Crippen LogP contribution in [0, 0.1) is 0 Å². The van der Waals surface area contributed by atoms with E-state index in [1.807, 2.05) is 18.2 Å². The zero-order valence-electron chi connectivity index (χ0n) is 13.9. The first-order valence-electron chi connectivity index (χ1n) is 8.56. The molecule has 0 aliphatic carbocycles. The van der Waals surface area contributed by atoms with Gasteiger partial charge in [-0.05, 0) is 56.6 Å². The van der Waals surface area contributed by atoms with Gasteiger partial charge in [-0.2, -0.15) is 0 Å². The number of halogens is 1. The first kappa shape index (κ1) is 17.1. The summed E-state index contributed by atoms with van der Waals surface area (Å²) < 4.78 is 5.69. The summed E-state index contributed by atoms with van der Waals surface area (Å²) in [6, 6.07) is 11.3. The molecular formula is C19H23ClN2O2. The van der Waals surface area contributed by atoms with Gasteiger partial charge in [0.15, 0.2) is 5.76 Å². The fraction of sp³-hybridized carbons (Fsp3) is 0.421. The van der Waals surface area contributed by atoms with Gasteiger partial charge in [-0.1, -0.05) is 30.7 Å². The van der Waals surface area contributed by atoms with E-state index in [0.29, 0.717) is 29.1 Å². The third-order valence-electron chi connectivity index (χ3n) is 4.60. The van der Waals surface area contributed by atoms with Crippen molar-refractivity contribution < 1.29 is 9.21 Å². The second-order valence-corrected chi connectivity index (χ2v) is 6.57. The van der Waals surface area contributed by atoms with E-state index in [1.54, 1.807) is 18.2 Å². The molecule has 0 spiro atoms. The minimum atomic E-state index is -0.175. The van der Waals surface area contributed by atoms with Crippen molar-refractivity contribution in [3.05, 3.63) is 47.2 Å². The second-order valence-electron chi connectivity index (χ2n) is 6.16. The Morgan fingerprint density at radius 3 is 2.71 bits per heavy atom. The molecular weight excluding hydrogens is 324 g/mol. The van der Waals surface area contributed by atoms with Crippen LogP contribution in [0.5, 0.6) is 0 Å². The van der Waals surface area contributed by atoms with Crippen molar-refractivity contribution in [1.82, 2.24) is 10.2 Å². The van der Waals surface area contributed by atoms with Crippen molar-refractivity contribution in [3.8, 4) is 11.3 Å². The lowest BCUT2D eigenvalue weighted by Gasteiger charge is -2.26. The van der Waals surface area contributed by atoms with Crippen molar-refractivity contribution in [2.45, 2.75) is 32.2 Å². The number of hydrogen-bond donors (Lipinski definition) is 1. The average molecular weight is 347 g/mol. The number of carbonyl (C=O) groups is 1.